The van der Waals surface area contributed by atoms with Gasteiger partial charge in [0.25, 0.3) is 5.91 Å². The molecule has 2 aliphatic heterocycles. The summed E-state index contributed by atoms with van der Waals surface area (Å²) < 4.78 is 35.1. The van der Waals surface area contributed by atoms with Crippen molar-refractivity contribution in [2.75, 3.05) is 27.0 Å². The van der Waals surface area contributed by atoms with Crippen molar-refractivity contribution in [1.82, 2.24) is 15.0 Å². The lowest BCUT2D eigenvalue weighted by molar-refractivity contribution is 0.0704. The normalized spacial score (nSPS) is 15.9. The number of benzene rings is 2. The van der Waals surface area contributed by atoms with Crippen molar-refractivity contribution in [3.8, 4) is 28.6 Å². The standard InChI is InChI=1S/C22H20FN3O5/c1-28-17-4-3-15(10-16(17)23)22(27)26-8-6-13(7-9-26)21-24-20(25-31-21)14-2-5-18-19(11-14)30-12-29-18/h2-5,10-11,13H,6-9,12H2,1H3. The molecule has 1 saturated heterocycles. The van der Waals surface area contributed by atoms with Crippen LogP contribution in [0.25, 0.3) is 11.4 Å². The van der Waals surface area contributed by atoms with E-state index in [9.17, 15) is 9.18 Å². The van der Waals surface area contributed by atoms with Gasteiger partial charge in [-0.25, -0.2) is 4.39 Å². The highest BCUT2D eigenvalue weighted by atomic mass is 19.1. The topological polar surface area (TPSA) is 86.9 Å². The lowest BCUT2D eigenvalue weighted by Crippen LogP contribution is -2.38. The fraction of sp³-hybridized carbons (Fsp3) is 0.318. The van der Waals surface area contributed by atoms with Crippen molar-refractivity contribution in [2.24, 2.45) is 0 Å². The zero-order chi connectivity index (χ0) is 21.4. The largest absolute Gasteiger partial charge is 0.494 e. The van der Waals surface area contributed by atoms with Crippen molar-refractivity contribution < 1.29 is 27.9 Å². The Bertz CT molecular complexity index is 1120. The molecule has 0 bridgehead atoms. The van der Waals surface area contributed by atoms with E-state index >= 15 is 0 Å². The van der Waals surface area contributed by atoms with E-state index < -0.39 is 5.82 Å². The Morgan fingerprint density at radius 3 is 2.71 bits per heavy atom. The highest BCUT2D eigenvalue weighted by Crippen LogP contribution is 2.36. The first-order chi connectivity index (χ1) is 15.1. The predicted octanol–water partition coefficient (Wildman–Crippen LogP) is 3.63. The third-order valence-corrected chi connectivity index (χ3v) is 5.60. The molecule has 8 nitrogen and oxygen atoms in total. The van der Waals surface area contributed by atoms with Crippen molar-refractivity contribution in [3.63, 3.8) is 0 Å². The van der Waals surface area contributed by atoms with Crippen molar-refractivity contribution in [3.05, 3.63) is 53.7 Å². The highest BCUT2D eigenvalue weighted by molar-refractivity contribution is 5.94. The van der Waals surface area contributed by atoms with Gasteiger partial charge in [-0.15, -0.1) is 0 Å². The van der Waals surface area contributed by atoms with Crippen LogP contribution in [0.5, 0.6) is 17.2 Å². The van der Waals surface area contributed by atoms with Gasteiger partial charge in [-0.2, -0.15) is 4.98 Å². The van der Waals surface area contributed by atoms with E-state index in [1.165, 1.54) is 19.2 Å². The number of halogens is 1. The molecular weight excluding hydrogens is 405 g/mol. The average Bonchev–Trinajstić information content (AvgIpc) is 3.48. The Morgan fingerprint density at radius 2 is 1.94 bits per heavy atom. The zero-order valence-corrected chi connectivity index (χ0v) is 16.8. The molecule has 3 heterocycles. The van der Waals surface area contributed by atoms with Crippen LogP contribution in [0.2, 0.25) is 0 Å². The number of hydrogen-bond donors (Lipinski definition) is 0. The molecule has 0 saturated carbocycles. The van der Waals surface area contributed by atoms with E-state index in [1.54, 1.807) is 11.0 Å². The van der Waals surface area contributed by atoms with Gasteiger partial charge in [0.1, 0.15) is 0 Å². The van der Waals surface area contributed by atoms with Crippen LogP contribution in [-0.2, 0) is 0 Å². The monoisotopic (exact) mass is 425 g/mol. The number of fused-ring (bicyclic) bond motifs is 1. The number of carbonyl (C=O) groups excluding carboxylic acids is 1. The molecule has 0 spiro atoms. The van der Waals surface area contributed by atoms with Gasteiger partial charge in [-0.1, -0.05) is 5.16 Å². The third-order valence-electron chi connectivity index (χ3n) is 5.60. The van der Waals surface area contributed by atoms with Gasteiger partial charge in [-0.05, 0) is 49.2 Å². The fourth-order valence-electron chi connectivity index (χ4n) is 3.87. The number of likely N-dealkylation sites (tertiary alicyclic amines) is 1. The Kier molecular flexibility index (Phi) is 4.93. The number of aromatic nitrogens is 2. The molecule has 3 aromatic rings. The minimum Gasteiger partial charge on any atom is -0.494 e. The number of carbonyl (C=O) groups is 1. The van der Waals surface area contributed by atoms with Crippen LogP contribution in [0, 0.1) is 5.82 Å². The molecule has 0 atom stereocenters. The summed E-state index contributed by atoms with van der Waals surface area (Å²) in [5.41, 5.74) is 1.09. The molecule has 1 fully saturated rings. The van der Waals surface area contributed by atoms with Crippen LogP contribution >= 0.6 is 0 Å². The van der Waals surface area contributed by atoms with Gasteiger partial charge in [-0.3, -0.25) is 4.79 Å². The first-order valence-corrected chi connectivity index (χ1v) is 9.99. The Morgan fingerprint density at radius 1 is 1.13 bits per heavy atom. The van der Waals surface area contributed by atoms with E-state index in [2.05, 4.69) is 10.1 Å². The third kappa shape index (κ3) is 3.67. The van der Waals surface area contributed by atoms with Gasteiger partial charge in [0, 0.05) is 30.1 Å². The number of amides is 1. The van der Waals surface area contributed by atoms with Gasteiger partial charge in [0.2, 0.25) is 18.5 Å². The average molecular weight is 425 g/mol. The van der Waals surface area contributed by atoms with Gasteiger partial charge >= 0.3 is 0 Å². The van der Waals surface area contributed by atoms with E-state index in [0.717, 1.165) is 5.56 Å². The molecule has 1 amide bonds. The van der Waals surface area contributed by atoms with Crippen LogP contribution in [-0.4, -0.2) is 47.9 Å². The minimum atomic E-state index is -0.551. The number of nitrogens with zero attached hydrogens (tertiary/aromatic N) is 3. The van der Waals surface area contributed by atoms with Gasteiger partial charge in [0.05, 0.1) is 7.11 Å². The summed E-state index contributed by atoms with van der Waals surface area (Å²) in [4.78, 5) is 19.0. The second kappa shape index (κ2) is 7.90. The molecule has 31 heavy (non-hydrogen) atoms. The van der Waals surface area contributed by atoms with Gasteiger partial charge in [0.15, 0.2) is 23.1 Å². The Labute approximate surface area is 177 Å². The number of hydrogen-bond acceptors (Lipinski definition) is 7. The van der Waals surface area contributed by atoms with E-state index in [-0.39, 0.29) is 24.4 Å². The quantitative estimate of drug-likeness (QED) is 0.631. The first-order valence-electron chi connectivity index (χ1n) is 9.99. The predicted molar refractivity (Wildman–Crippen MR) is 107 cm³/mol. The molecule has 0 N–H and O–H groups in total. The molecule has 0 aliphatic carbocycles. The maximum atomic E-state index is 13.9. The van der Waals surface area contributed by atoms with Crippen molar-refractivity contribution >= 4 is 5.91 Å². The highest BCUT2D eigenvalue weighted by Gasteiger charge is 2.29. The zero-order valence-electron chi connectivity index (χ0n) is 16.8. The van der Waals surface area contributed by atoms with Crippen LogP contribution < -0.4 is 14.2 Å². The Balaban J connectivity index is 1.24. The van der Waals surface area contributed by atoms with Gasteiger partial charge < -0.3 is 23.6 Å². The summed E-state index contributed by atoms with van der Waals surface area (Å²) in [6.07, 6.45) is 1.38. The van der Waals surface area contributed by atoms with E-state index in [0.29, 0.717) is 54.7 Å². The summed E-state index contributed by atoms with van der Waals surface area (Å²) in [5, 5.41) is 4.10. The maximum Gasteiger partial charge on any atom is 0.253 e. The minimum absolute atomic E-state index is 0.0620. The van der Waals surface area contributed by atoms with Crippen LogP contribution in [0.3, 0.4) is 0 Å². The van der Waals surface area contributed by atoms with Crippen LogP contribution in [0.15, 0.2) is 40.9 Å². The number of piperidine rings is 1. The maximum absolute atomic E-state index is 13.9. The van der Waals surface area contributed by atoms with Crippen LogP contribution in [0.4, 0.5) is 4.39 Å². The first kappa shape index (κ1) is 19.3. The SMILES string of the molecule is COc1ccc(C(=O)N2CCC(c3nc(-c4ccc5c(c4)OCO5)no3)CC2)cc1F. The van der Waals surface area contributed by atoms with E-state index in [4.69, 9.17) is 18.7 Å². The lowest BCUT2D eigenvalue weighted by atomic mass is 9.96. The molecule has 1 aromatic heterocycles. The van der Waals surface area contributed by atoms with E-state index in [1.807, 2.05) is 18.2 Å². The molecule has 9 heteroatoms. The van der Waals surface area contributed by atoms with Crippen molar-refractivity contribution in [1.29, 1.82) is 0 Å². The smallest absolute Gasteiger partial charge is 0.253 e. The summed E-state index contributed by atoms with van der Waals surface area (Å²) in [6.45, 7) is 1.26. The number of rotatable bonds is 4. The second-order valence-electron chi connectivity index (χ2n) is 7.44. The second-order valence-corrected chi connectivity index (χ2v) is 7.44. The Hall–Kier alpha value is -3.62. The molecule has 2 aromatic carbocycles. The summed E-state index contributed by atoms with van der Waals surface area (Å²) in [5.74, 6) is 1.82. The molecule has 5 rings (SSSR count). The molecule has 160 valence electrons. The fourth-order valence-corrected chi connectivity index (χ4v) is 3.87. The lowest BCUT2D eigenvalue weighted by Gasteiger charge is -2.30. The molecular formula is C22H20FN3O5. The molecule has 2 aliphatic rings. The van der Waals surface area contributed by atoms with Crippen molar-refractivity contribution in [2.45, 2.75) is 18.8 Å². The van der Waals surface area contributed by atoms with Crippen LogP contribution in [0.1, 0.15) is 35.0 Å². The summed E-state index contributed by atoms with van der Waals surface area (Å²) in [6, 6.07) is 9.75. The summed E-state index contributed by atoms with van der Waals surface area (Å²) in [7, 11) is 1.39. The summed E-state index contributed by atoms with van der Waals surface area (Å²) >= 11 is 0. The molecule has 0 unspecified atom stereocenters. The molecule has 0 radical (unpaired) electrons. The number of methoxy groups -OCH3 is 1. The number of ether oxygens (including phenoxy) is 3.